The van der Waals surface area contributed by atoms with Gasteiger partial charge in [-0.25, -0.2) is 0 Å². The highest BCUT2D eigenvalue weighted by Crippen LogP contribution is 2.27. The van der Waals surface area contributed by atoms with E-state index in [0.717, 1.165) is 45.1 Å². The zero-order valence-corrected chi connectivity index (χ0v) is 14.9. The lowest BCUT2D eigenvalue weighted by Gasteiger charge is -2.27. The monoisotopic (exact) mass is 334 g/mol. The van der Waals surface area contributed by atoms with Gasteiger partial charge in [-0.2, -0.15) is 0 Å². The molecule has 1 saturated heterocycles. The standard InChI is InChI=1S/C16H26N2O.2ClH/c1-13(2)15-5-4-14(3)12-16(15)19-11-10-18-8-6-17-7-9-18;;/h4-5,12-13,17H,6-11H2,1-3H3;2*1H. The predicted molar refractivity (Wildman–Crippen MR) is 94.6 cm³/mol. The van der Waals surface area contributed by atoms with E-state index in [1.54, 1.807) is 0 Å². The second kappa shape index (κ2) is 10.3. The molecule has 122 valence electrons. The summed E-state index contributed by atoms with van der Waals surface area (Å²) in [5, 5.41) is 3.37. The van der Waals surface area contributed by atoms with Crippen molar-refractivity contribution in [2.45, 2.75) is 26.7 Å². The van der Waals surface area contributed by atoms with Crippen LogP contribution >= 0.6 is 24.8 Å². The van der Waals surface area contributed by atoms with Crippen molar-refractivity contribution in [3.05, 3.63) is 29.3 Å². The average molecular weight is 335 g/mol. The quantitative estimate of drug-likeness (QED) is 0.894. The molecule has 1 heterocycles. The van der Waals surface area contributed by atoms with Crippen LogP contribution in [0.2, 0.25) is 0 Å². The Labute approximate surface area is 141 Å². The van der Waals surface area contributed by atoms with Crippen LogP contribution in [0, 0.1) is 6.92 Å². The number of rotatable bonds is 5. The van der Waals surface area contributed by atoms with Crippen molar-refractivity contribution < 1.29 is 4.74 Å². The van der Waals surface area contributed by atoms with Crippen LogP contribution < -0.4 is 10.1 Å². The molecule has 1 fully saturated rings. The van der Waals surface area contributed by atoms with Crippen molar-refractivity contribution in [3.63, 3.8) is 0 Å². The Morgan fingerprint density at radius 3 is 2.48 bits per heavy atom. The zero-order chi connectivity index (χ0) is 13.7. The fourth-order valence-electron chi connectivity index (χ4n) is 2.46. The molecule has 0 radical (unpaired) electrons. The predicted octanol–water partition coefficient (Wildman–Crippen LogP) is 3.25. The second-order valence-corrected chi connectivity index (χ2v) is 5.64. The van der Waals surface area contributed by atoms with Crippen LogP contribution in [0.15, 0.2) is 18.2 Å². The van der Waals surface area contributed by atoms with Gasteiger partial charge in [-0.3, -0.25) is 4.90 Å². The van der Waals surface area contributed by atoms with Crippen molar-refractivity contribution in [1.29, 1.82) is 0 Å². The topological polar surface area (TPSA) is 24.5 Å². The van der Waals surface area contributed by atoms with Crippen LogP contribution in [0.3, 0.4) is 0 Å². The summed E-state index contributed by atoms with van der Waals surface area (Å²) in [4.78, 5) is 2.46. The van der Waals surface area contributed by atoms with Crippen molar-refractivity contribution in [1.82, 2.24) is 10.2 Å². The summed E-state index contributed by atoms with van der Waals surface area (Å²) in [6.45, 7) is 12.8. The molecule has 1 aliphatic heterocycles. The van der Waals surface area contributed by atoms with Crippen LogP contribution in [-0.2, 0) is 0 Å². The Balaban J connectivity index is 0.00000200. The Morgan fingerprint density at radius 1 is 1.19 bits per heavy atom. The lowest BCUT2D eigenvalue weighted by Crippen LogP contribution is -2.44. The number of aryl methyl sites for hydroxylation is 1. The molecule has 0 amide bonds. The third-order valence-corrected chi connectivity index (χ3v) is 3.67. The Hall–Kier alpha value is -0.480. The van der Waals surface area contributed by atoms with Gasteiger partial charge in [-0.15, -0.1) is 24.8 Å². The smallest absolute Gasteiger partial charge is 0.123 e. The highest BCUT2D eigenvalue weighted by Gasteiger charge is 2.11. The minimum Gasteiger partial charge on any atom is -0.492 e. The molecule has 21 heavy (non-hydrogen) atoms. The molecule has 3 nitrogen and oxygen atoms in total. The maximum Gasteiger partial charge on any atom is 0.123 e. The molecule has 0 unspecified atom stereocenters. The van der Waals surface area contributed by atoms with E-state index in [4.69, 9.17) is 4.74 Å². The highest BCUT2D eigenvalue weighted by atomic mass is 35.5. The van der Waals surface area contributed by atoms with E-state index >= 15 is 0 Å². The van der Waals surface area contributed by atoms with E-state index in [1.807, 2.05) is 0 Å². The Bertz CT molecular complexity index is 407. The van der Waals surface area contributed by atoms with Crippen LogP contribution in [0.5, 0.6) is 5.75 Å². The van der Waals surface area contributed by atoms with Gasteiger partial charge in [0.15, 0.2) is 0 Å². The first-order chi connectivity index (χ1) is 9.16. The second-order valence-electron chi connectivity index (χ2n) is 5.64. The van der Waals surface area contributed by atoms with Crippen molar-refractivity contribution >= 4 is 24.8 Å². The molecule has 1 aromatic carbocycles. The molecule has 1 aliphatic rings. The first kappa shape index (κ1) is 20.5. The summed E-state index contributed by atoms with van der Waals surface area (Å²) in [5.41, 5.74) is 2.58. The van der Waals surface area contributed by atoms with Crippen LogP contribution in [0.1, 0.15) is 30.9 Å². The number of nitrogens with one attached hydrogen (secondary N) is 1. The normalized spacial score (nSPS) is 15.2. The fraction of sp³-hybridized carbons (Fsp3) is 0.625. The van der Waals surface area contributed by atoms with Crippen molar-refractivity contribution in [2.24, 2.45) is 0 Å². The number of halogens is 2. The lowest BCUT2D eigenvalue weighted by molar-refractivity contribution is 0.190. The van der Waals surface area contributed by atoms with Crippen molar-refractivity contribution in [3.8, 4) is 5.75 Å². The molecule has 0 aliphatic carbocycles. The van der Waals surface area contributed by atoms with Gasteiger partial charge in [0, 0.05) is 32.7 Å². The van der Waals surface area contributed by atoms with Gasteiger partial charge >= 0.3 is 0 Å². The Morgan fingerprint density at radius 2 is 1.86 bits per heavy atom. The number of benzene rings is 1. The molecule has 0 aromatic heterocycles. The molecule has 1 aromatic rings. The van der Waals surface area contributed by atoms with Gasteiger partial charge in [0.2, 0.25) is 0 Å². The molecule has 0 saturated carbocycles. The number of piperazine rings is 1. The summed E-state index contributed by atoms with van der Waals surface area (Å²) in [5.74, 6) is 1.57. The number of hydrogen-bond donors (Lipinski definition) is 1. The number of hydrogen-bond acceptors (Lipinski definition) is 3. The summed E-state index contributed by atoms with van der Waals surface area (Å²) < 4.78 is 6.02. The van der Waals surface area contributed by atoms with E-state index in [0.29, 0.717) is 5.92 Å². The average Bonchev–Trinajstić information content (AvgIpc) is 2.39. The molecule has 1 N–H and O–H groups in total. The van der Waals surface area contributed by atoms with Gasteiger partial charge in [-0.05, 0) is 30.0 Å². The summed E-state index contributed by atoms with van der Waals surface area (Å²) in [6.07, 6.45) is 0. The van der Waals surface area contributed by atoms with E-state index in [2.05, 4.69) is 49.2 Å². The molecule has 0 spiro atoms. The maximum atomic E-state index is 6.02. The summed E-state index contributed by atoms with van der Waals surface area (Å²) in [6, 6.07) is 6.52. The molecular formula is C16H28Cl2N2O. The molecular weight excluding hydrogens is 307 g/mol. The van der Waals surface area contributed by atoms with Crippen LogP contribution in [0.25, 0.3) is 0 Å². The minimum absolute atomic E-state index is 0. The summed E-state index contributed by atoms with van der Waals surface area (Å²) >= 11 is 0. The molecule has 5 heteroatoms. The van der Waals surface area contributed by atoms with Gasteiger partial charge in [0.1, 0.15) is 12.4 Å². The zero-order valence-electron chi connectivity index (χ0n) is 13.2. The number of nitrogens with zero attached hydrogens (tertiary/aromatic N) is 1. The largest absolute Gasteiger partial charge is 0.492 e. The fourth-order valence-corrected chi connectivity index (χ4v) is 2.46. The highest BCUT2D eigenvalue weighted by molar-refractivity contribution is 5.85. The molecule has 0 atom stereocenters. The summed E-state index contributed by atoms with van der Waals surface area (Å²) in [7, 11) is 0. The van der Waals surface area contributed by atoms with Gasteiger partial charge < -0.3 is 10.1 Å². The minimum atomic E-state index is 0. The van der Waals surface area contributed by atoms with Crippen LogP contribution in [0.4, 0.5) is 0 Å². The molecule has 2 rings (SSSR count). The Kier molecular flexibility index (Phi) is 10.0. The first-order valence-corrected chi connectivity index (χ1v) is 7.33. The number of ether oxygens (including phenoxy) is 1. The van der Waals surface area contributed by atoms with E-state index in [9.17, 15) is 0 Å². The first-order valence-electron chi connectivity index (χ1n) is 7.33. The SMILES string of the molecule is Cc1ccc(C(C)C)c(OCCN2CCNCC2)c1.Cl.Cl. The molecule has 0 bridgehead atoms. The third kappa shape index (κ3) is 6.43. The maximum absolute atomic E-state index is 6.02. The van der Waals surface area contributed by atoms with E-state index in [1.165, 1.54) is 11.1 Å². The van der Waals surface area contributed by atoms with Gasteiger partial charge in [-0.1, -0.05) is 26.0 Å². The van der Waals surface area contributed by atoms with Gasteiger partial charge in [0.25, 0.3) is 0 Å². The third-order valence-electron chi connectivity index (χ3n) is 3.67. The van der Waals surface area contributed by atoms with Crippen LogP contribution in [-0.4, -0.2) is 44.2 Å². The van der Waals surface area contributed by atoms with Crippen molar-refractivity contribution in [2.75, 3.05) is 39.3 Å². The van der Waals surface area contributed by atoms with E-state index < -0.39 is 0 Å². The van der Waals surface area contributed by atoms with Gasteiger partial charge in [0.05, 0.1) is 0 Å². The van der Waals surface area contributed by atoms with E-state index in [-0.39, 0.29) is 24.8 Å². The lowest BCUT2D eigenvalue weighted by atomic mass is 10.0.